The number of benzene rings is 2. The number of thioether (sulfide) groups is 1. The van der Waals surface area contributed by atoms with Gasteiger partial charge >= 0.3 is 0 Å². The van der Waals surface area contributed by atoms with Crippen molar-refractivity contribution in [3.8, 4) is 11.5 Å². The maximum Gasteiger partial charge on any atom is 0.259 e. The van der Waals surface area contributed by atoms with Crippen molar-refractivity contribution in [1.29, 1.82) is 0 Å². The van der Waals surface area contributed by atoms with Gasteiger partial charge in [-0.1, -0.05) is 52.0 Å². The quantitative estimate of drug-likeness (QED) is 0.361. The first-order chi connectivity index (χ1) is 12.6. The molecule has 1 saturated heterocycles. The number of ether oxygens (including phenoxy) is 2. The van der Waals surface area contributed by atoms with E-state index >= 15 is 0 Å². The Bertz CT molecular complexity index is 811. The van der Waals surface area contributed by atoms with Crippen molar-refractivity contribution in [2.45, 2.75) is 0 Å². The van der Waals surface area contributed by atoms with Gasteiger partial charge in [0.05, 0.1) is 12.0 Å². The molecule has 0 atom stereocenters. The summed E-state index contributed by atoms with van der Waals surface area (Å²) >= 11 is 9.79. The Morgan fingerprint density at radius 1 is 1.15 bits per heavy atom. The van der Waals surface area contributed by atoms with Crippen LogP contribution < -0.4 is 9.47 Å². The van der Waals surface area contributed by atoms with Gasteiger partial charge in [0.25, 0.3) is 5.91 Å². The van der Waals surface area contributed by atoms with E-state index in [1.54, 1.807) is 6.21 Å². The molecule has 2 aromatic rings. The first-order valence-corrected chi connectivity index (χ1v) is 9.95. The van der Waals surface area contributed by atoms with Crippen LogP contribution in [0, 0.1) is 0 Å². The minimum Gasteiger partial charge on any atom is -0.490 e. The molecule has 1 fully saturated rings. The second-order valence-electron chi connectivity index (χ2n) is 5.23. The highest BCUT2D eigenvalue weighted by Gasteiger charge is 2.25. The van der Waals surface area contributed by atoms with E-state index in [4.69, 9.17) is 21.7 Å². The van der Waals surface area contributed by atoms with Crippen molar-refractivity contribution < 1.29 is 14.3 Å². The van der Waals surface area contributed by atoms with E-state index in [2.05, 4.69) is 21.0 Å². The van der Waals surface area contributed by atoms with E-state index < -0.39 is 0 Å². The van der Waals surface area contributed by atoms with E-state index in [-0.39, 0.29) is 5.91 Å². The van der Waals surface area contributed by atoms with Crippen LogP contribution >= 0.6 is 39.9 Å². The Kier molecular flexibility index (Phi) is 6.65. The molecule has 3 rings (SSSR count). The monoisotopic (exact) mass is 450 g/mol. The molecule has 5 nitrogen and oxygen atoms in total. The van der Waals surface area contributed by atoms with E-state index in [0.29, 0.717) is 29.0 Å². The summed E-state index contributed by atoms with van der Waals surface area (Å²) in [5.74, 6) is 1.74. The molecule has 1 aliphatic rings. The van der Waals surface area contributed by atoms with Crippen LogP contribution in [0.5, 0.6) is 11.5 Å². The molecule has 0 saturated carbocycles. The van der Waals surface area contributed by atoms with Crippen molar-refractivity contribution >= 4 is 56.4 Å². The lowest BCUT2D eigenvalue weighted by molar-refractivity contribution is -0.123. The number of hydrogen-bond acceptors (Lipinski definition) is 6. The van der Waals surface area contributed by atoms with Crippen LogP contribution in [-0.4, -0.2) is 40.4 Å². The molecule has 0 unspecified atom stereocenters. The molecule has 0 radical (unpaired) electrons. The number of halogens is 1. The number of carbonyl (C=O) groups is 1. The predicted molar refractivity (Wildman–Crippen MR) is 111 cm³/mol. The maximum absolute atomic E-state index is 11.6. The topological polar surface area (TPSA) is 51.1 Å². The maximum atomic E-state index is 11.6. The molecule has 134 valence electrons. The standard InChI is InChI=1S/C18H15BrN2O3S2/c19-14-4-6-15(7-5-14)23-8-9-24-16-3-1-2-13(10-16)11-20-21-17(22)12-26-18(21)25/h1-7,10-11H,8-9,12H2. The highest BCUT2D eigenvalue weighted by atomic mass is 79.9. The van der Waals surface area contributed by atoms with Gasteiger partial charge in [0.1, 0.15) is 24.7 Å². The molecule has 1 aliphatic heterocycles. The molecule has 8 heteroatoms. The summed E-state index contributed by atoms with van der Waals surface area (Å²) in [6.45, 7) is 0.857. The first kappa shape index (κ1) is 18.9. The molecule has 0 aliphatic carbocycles. The number of thiocarbonyl (C=S) groups is 1. The average Bonchev–Trinajstić information content (AvgIpc) is 2.97. The third-order valence-electron chi connectivity index (χ3n) is 3.34. The summed E-state index contributed by atoms with van der Waals surface area (Å²) < 4.78 is 12.8. The molecule has 1 amide bonds. The summed E-state index contributed by atoms with van der Waals surface area (Å²) in [7, 11) is 0. The van der Waals surface area contributed by atoms with Crippen LogP contribution in [0.2, 0.25) is 0 Å². The smallest absolute Gasteiger partial charge is 0.259 e. The van der Waals surface area contributed by atoms with Crippen molar-refractivity contribution in [2.24, 2.45) is 5.10 Å². The number of hydrazone groups is 1. The van der Waals surface area contributed by atoms with Gasteiger partial charge in [-0.25, -0.2) is 0 Å². The van der Waals surface area contributed by atoms with E-state index in [1.807, 2.05) is 48.5 Å². The zero-order valence-corrected chi connectivity index (χ0v) is 16.9. The fourth-order valence-electron chi connectivity index (χ4n) is 2.12. The Morgan fingerprint density at radius 2 is 1.88 bits per heavy atom. The number of amides is 1. The zero-order chi connectivity index (χ0) is 18.4. The highest BCUT2D eigenvalue weighted by molar-refractivity contribution is 9.10. The summed E-state index contributed by atoms with van der Waals surface area (Å²) in [5.41, 5.74) is 0.823. The third kappa shape index (κ3) is 5.30. The predicted octanol–water partition coefficient (Wildman–Crippen LogP) is 4.10. The Morgan fingerprint density at radius 3 is 2.58 bits per heavy atom. The third-order valence-corrected chi connectivity index (χ3v) is 5.21. The molecular formula is C18H15BrN2O3S2. The van der Waals surface area contributed by atoms with Gasteiger partial charge in [-0.15, -0.1) is 0 Å². The van der Waals surface area contributed by atoms with Gasteiger partial charge < -0.3 is 9.47 Å². The SMILES string of the molecule is O=C1CSC(=S)N1N=Cc1cccc(OCCOc2ccc(Br)cc2)c1. The molecule has 0 aromatic heterocycles. The minimum atomic E-state index is -0.103. The highest BCUT2D eigenvalue weighted by Crippen LogP contribution is 2.20. The molecule has 1 heterocycles. The summed E-state index contributed by atoms with van der Waals surface area (Å²) in [5, 5.41) is 5.40. The molecule has 0 bridgehead atoms. The van der Waals surface area contributed by atoms with Crippen LogP contribution in [0.4, 0.5) is 0 Å². The molecular weight excluding hydrogens is 436 g/mol. The Balaban J connectivity index is 1.50. The van der Waals surface area contributed by atoms with E-state index in [9.17, 15) is 4.79 Å². The van der Waals surface area contributed by atoms with Gasteiger partial charge in [0.2, 0.25) is 0 Å². The summed E-state index contributed by atoms with van der Waals surface area (Å²) in [6.07, 6.45) is 1.60. The number of nitrogens with zero attached hydrogens (tertiary/aromatic N) is 2. The fraction of sp³-hybridized carbons (Fsp3) is 0.167. The fourth-order valence-corrected chi connectivity index (χ4v) is 3.35. The molecule has 2 aromatic carbocycles. The largest absolute Gasteiger partial charge is 0.490 e. The second-order valence-corrected chi connectivity index (χ2v) is 7.75. The van der Waals surface area contributed by atoms with Gasteiger partial charge in [-0.05, 0) is 42.0 Å². The van der Waals surface area contributed by atoms with Gasteiger partial charge in [-0.3, -0.25) is 4.79 Å². The molecule has 26 heavy (non-hydrogen) atoms. The Labute approximate surface area is 169 Å². The van der Waals surface area contributed by atoms with Crippen molar-refractivity contribution in [3.63, 3.8) is 0 Å². The van der Waals surface area contributed by atoms with Gasteiger partial charge in [0.15, 0.2) is 4.32 Å². The Hall–Kier alpha value is -1.90. The minimum absolute atomic E-state index is 0.103. The van der Waals surface area contributed by atoms with Crippen molar-refractivity contribution in [1.82, 2.24) is 5.01 Å². The van der Waals surface area contributed by atoms with Crippen molar-refractivity contribution in [2.75, 3.05) is 19.0 Å². The summed E-state index contributed by atoms with van der Waals surface area (Å²) in [6, 6.07) is 15.1. The second kappa shape index (κ2) is 9.16. The zero-order valence-electron chi connectivity index (χ0n) is 13.6. The first-order valence-electron chi connectivity index (χ1n) is 7.77. The average molecular weight is 451 g/mol. The van der Waals surface area contributed by atoms with Crippen LogP contribution in [0.1, 0.15) is 5.56 Å². The van der Waals surface area contributed by atoms with Crippen LogP contribution in [0.15, 0.2) is 58.1 Å². The van der Waals surface area contributed by atoms with Crippen LogP contribution in [0.25, 0.3) is 0 Å². The van der Waals surface area contributed by atoms with E-state index in [1.165, 1.54) is 16.8 Å². The summed E-state index contributed by atoms with van der Waals surface area (Å²) in [4.78, 5) is 11.6. The van der Waals surface area contributed by atoms with E-state index in [0.717, 1.165) is 15.8 Å². The lowest BCUT2D eigenvalue weighted by Crippen LogP contribution is -2.22. The van der Waals surface area contributed by atoms with Gasteiger partial charge in [-0.2, -0.15) is 10.1 Å². The van der Waals surface area contributed by atoms with Crippen molar-refractivity contribution in [3.05, 3.63) is 58.6 Å². The van der Waals surface area contributed by atoms with Crippen LogP contribution in [-0.2, 0) is 4.79 Å². The normalized spacial score (nSPS) is 14.3. The lowest BCUT2D eigenvalue weighted by atomic mass is 10.2. The number of rotatable bonds is 7. The van der Waals surface area contributed by atoms with Crippen LogP contribution in [0.3, 0.4) is 0 Å². The molecule has 0 N–H and O–H groups in total. The van der Waals surface area contributed by atoms with Gasteiger partial charge in [0, 0.05) is 4.47 Å². The number of carbonyl (C=O) groups excluding carboxylic acids is 1. The molecule has 0 spiro atoms. The number of hydrogen-bond donors (Lipinski definition) is 0. The lowest BCUT2D eigenvalue weighted by Gasteiger charge is -2.09.